The first-order chi connectivity index (χ1) is 8.60. The summed E-state index contributed by atoms with van der Waals surface area (Å²) in [6.45, 7) is 2.06. The van der Waals surface area contributed by atoms with Gasteiger partial charge in [0, 0.05) is 4.47 Å². The second-order valence-corrected chi connectivity index (χ2v) is 4.77. The van der Waals surface area contributed by atoms with Gasteiger partial charge in [0.15, 0.2) is 0 Å². The van der Waals surface area contributed by atoms with Crippen molar-refractivity contribution in [3.8, 4) is 5.69 Å². The molecule has 0 saturated carbocycles. The minimum absolute atomic E-state index is 0.113. The summed E-state index contributed by atoms with van der Waals surface area (Å²) in [4.78, 5) is 10.6. The van der Waals surface area contributed by atoms with E-state index in [2.05, 4.69) is 33.2 Å². The summed E-state index contributed by atoms with van der Waals surface area (Å²) >= 11 is 3.42. The van der Waals surface area contributed by atoms with E-state index in [4.69, 9.17) is 5.11 Å². The number of aryl methyl sites for hydroxylation is 1. The third kappa shape index (κ3) is 2.76. The van der Waals surface area contributed by atoms with Gasteiger partial charge in [-0.25, -0.2) is 4.68 Å². The standard InChI is InChI=1S/C12H12BrN3O2/c1-2-8-5-9(13)3-4-11(8)16-7-10(14-15-16)6-12(17)18/h3-5,7H,2,6H2,1H3,(H,17,18). The largest absolute Gasteiger partial charge is 0.481 e. The molecule has 0 bridgehead atoms. The molecule has 2 rings (SSSR count). The van der Waals surface area contributed by atoms with Gasteiger partial charge in [-0.05, 0) is 30.2 Å². The van der Waals surface area contributed by atoms with Crippen LogP contribution in [0.4, 0.5) is 0 Å². The summed E-state index contributed by atoms with van der Waals surface area (Å²) < 4.78 is 2.62. The van der Waals surface area contributed by atoms with Crippen LogP contribution in [0, 0.1) is 0 Å². The van der Waals surface area contributed by atoms with Gasteiger partial charge in [0.25, 0.3) is 0 Å². The first-order valence-electron chi connectivity index (χ1n) is 5.52. The molecule has 94 valence electrons. The maximum Gasteiger partial charge on any atom is 0.309 e. The van der Waals surface area contributed by atoms with Gasteiger partial charge in [-0.2, -0.15) is 0 Å². The van der Waals surface area contributed by atoms with Gasteiger partial charge in [0.05, 0.1) is 24.0 Å². The van der Waals surface area contributed by atoms with Crippen molar-refractivity contribution in [1.29, 1.82) is 0 Å². The average Bonchev–Trinajstić information content (AvgIpc) is 2.76. The molecule has 0 radical (unpaired) electrons. The third-order valence-electron chi connectivity index (χ3n) is 2.54. The Hall–Kier alpha value is -1.69. The van der Waals surface area contributed by atoms with Crippen LogP contribution in [-0.2, 0) is 17.6 Å². The van der Waals surface area contributed by atoms with Crippen molar-refractivity contribution in [3.63, 3.8) is 0 Å². The van der Waals surface area contributed by atoms with Crippen LogP contribution >= 0.6 is 15.9 Å². The van der Waals surface area contributed by atoms with E-state index in [1.165, 1.54) is 0 Å². The maximum absolute atomic E-state index is 10.6. The van der Waals surface area contributed by atoms with E-state index < -0.39 is 5.97 Å². The SMILES string of the molecule is CCc1cc(Br)ccc1-n1cc(CC(=O)O)nn1. The summed E-state index contributed by atoms with van der Waals surface area (Å²) in [5.74, 6) is -0.909. The molecular formula is C12H12BrN3O2. The minimum Gasteiger partial charge on any atom is -0.481 e. The number of carboxylic acids is 1. The molecular weight excluding hydrogens is 298 g/mol. The van der Waals surface area contributed by atoms with E-state index in [1.54, 1.807) is 10.9 Å². The van der Waals surface area contributed by atoms with Gasteiger partial charge >= 0.3 is 5.97 Å². The minimum atomic E-state index is -0.909. The zero-order valence-electron chi connectivity index (χ0n) is 9.80. The van der Waals surface area contributed by atoms with Gasteiger partial charge in [0.2, 0.25) is 0 Å². The number of carboxylic acid groups (broad SMARTS) is 1. The van der Waals surface area contributed by atoms with E-state index in [9.17, 15) is 4.79 Å². The zero-order valence-corrected chi connectivity index (χ0v) is 11.4. The Bertz CT molecular complexity index is 580. The molecule has 5 nitrogen and oxygen atoms in total. The molecule has 0 unspecified atom stereocenters. The molecule has 1 N–H and O–H groups in total. The Kier molecular flexibility index (Phi) is 3.76. The summed E-state index contributed by atoms with van der Waals surface area (Å²) in [7, 11) is 0. The number of hydrogen-bond donors (Lipinski definition) is 1. The topological polar surface area (TPSA) is 68.0 Å². The van der Waals surface area contributed by atoms with E-state index in [0.717, 1.165) is 22.1 Å². The van der Waals surface area contributed by atoms with E-state index in [1.807, 2.05) is 18.2 Å². The number of benzene rings is 1. The van der Waals surface area contributed by atoms with Crippen LogP contribution in [0.1, 0.15) is 18.2 Å². The molecule has 0 fully saturated rings. The molecule has 0 atom stereocenters. The summed E-state index contributed by atoms with van der Waals surface area (Å²) in [6, 6.07) is 5.88. The number of hydrogen-bond acceptors (Lipinski definition) is 3. The fourth-order valence-corrected chi connectivity index (χ4v) is 2.12. The summed E-state index contributed by atoms with van der Waals surface area (Å²) in [5.41, 5.74) is 2.49. The van der Waals surface area contributed by atoms with Crippen LogP contribution in [0.15, 0.2) is 28.9 Å². The molecule has 0 aliphatic rings. The number of aromatic nitrogens is 3. The highest BCUT2D eigenvalue weighted by Crippen LogP contribution is 2.20. The van der Waals surface area contributed by atoms with Crippen LogP contribution in [0.5, 0.6) is 0 Å². The number of nitrogens with zero attached hydrogens (tertiary/aromatic N) is 3. The Labute approximate surface area is 113 Å². The first kappa shape index (κ1) is 12.8. The Morgan fingerprint density at radius 1 is 1.50 bits per heavy atom. The number of aliphatic carboxylic acids is 1. The van der Waals surface area contributed by atoms with Crippen LogP contribution in [0.3, 0.4) is 0 Å². The zero-order chi connectivity index (χ0) is 13.1. The van der Waals surface area contributed by atoms with Crippen molar-refractivity contribution >= 4 is 21.9 Å². The molecule has 0 amide bonds. The Balaban J connectivity index is 2.36. The van der Waals surface area contributed by atoms with E-state index in [0.29, 0.717) is 5.69 Å². The highest BCUT2D eigenvalue weighted by Gasteiger charge is 2.09. The molecule has 1 heterocycles. The van der Waals surface area contributed by atoms with Crippen LogP contribution in [-0.4, -0.2) is 26.1 Å². The molecule has 18 heavy (non-hydrogen) atoms. The lowest BCUT2D eigenvalue weighted by Gasteiger charge is -2.07. The average molecular weight is 310 g/mol. The molecule has 1 aromatic heterocycles. The lowest BCUT2D eigenvalue weighted by molar-refractivity contribution is -0.136. The third-order valence-corrected chi connectivity index (χ3v) is 3.04. The van der Waals surface area contributed by atoms with Crippen LogP contribution in [0.2, 0.25) is 0 Å². The molecule has 1 aromatic carbocycles. The predicted octanol–water partition coefficient (Wildman–Crippen LogP) is 2.22. The van der Waals surface area contributed by atoms with Crippen LogP contribution < -0.4 is 0 Å². The van der Waals surface area contributed by atoms with Crippen LogP contribution in [0.25, 0.3) is 5.69 Å². The van der Waals surface area contributed by atoms with Gasteiger partial charge in [-0.15, -0.1) is 5.10 Å². The van der Waals surface area contributed by atoms with E-state index >= 15 is 0 Å². The van der Waals surface area contributed by atoms with Gasteiger partial charge in [-0.3, -0.25) is 4.79 Å². The van der Waals surface area contributed by atoms with Crippen molar-refractivity contribution in [2.75, 3.05) is 0 Å². The number of rotatable bonds is 4. The number of carbonyl (C=O) groups is 1. The van der Waals surface area contributed by atoms with Gasteiger partial charge in [-0.1, -0.05) is 28.1 Å². The molecule has 0 saturated heterocycles. The summed E-state index contributed by atoms with van der Waals surface area (Å²) in [6.07, 6.45) is 2.40. The lowest BCUT2D eigenvalue weighted by atomic mass is 10.1. The fourth-order valence-electron chi connectivity index (χ4n) is 1.71. The molecule has 6 heteroatoms. The second kappa shape index (κ2) is 5.30. The van der Waals surface area contributed by atoms with Crippen molar-refractivity contribution in [2.24, 2.45) is 0 Å². The number of halogens is 1. The smallest absolute Gasteiger partial charge is 0.309 e. The van der Waals surface area contributed by atoms with E-state index in [-0.39, 0.29) is 6.42 Å². The van der Waals surface area contributed by atoms with Crippen molar-refractivity contribution < 1.29 is 9.90 Å². The monoisotopic (exact) mass is 309 g/mol. The normalized spacial score (nSPS) is 10.6. The second-order valence-electron chi connectivity index (χ2n) is 3.85. The Morgan fingerprint density at radius 3 is 2.94 bits per heavy atom. The maximum atomic E-state index is 10.6. The van der Waals surface area contributed by atoms with Gasteiger partial charge < -0.3 is 5.11 Å². The van der Waals surface area contributed by atoms with Crippen molar-refractivity contribution in [3.05, 3.63) is 40.1 Å². The molecule has 0 aliphatic carbocycles. The quantitative estimate of drug-likeness (QED) is 0.940. The highest BCUT2D eigenvalue weighted by atomic mass is 79.9. The van der Waals surface area contributed by atoms with Crippen molar-refractivity contribution in [2.45, 2.75) is 19.8 Å². The fraction of sp³-hybridized carbons (Fsp3) is 0.250. The molecule has 2 aromatic rings. The molecule has 0 aliphatic heterocycles. The predicted molar refractivity (Wildman–Crippen MR) is 69.8 cm³/mol. The Morgan fingerprint density at radius 2 is 2.28 bits per heavy atom. The highest BCUT2D eigenvalue weighted by molar-refractivity contribution is 9.10. The molecule has 0 spiro atoms. The van der Waals surface area contributed by atoms with Gasteiger partial charge in [0.1, 0.15) is 0 Å². The summed E-state index contributed by atoms with van der Waals surface area (Å²) in [5, 5.41) is 16.5. The lowest BCUT2D eigenvalue weighted by Crippen LogP contribution is -2.00. The van der Waals surface area contributed by atoms with Crippen molar-refractivity contribution in [1.82, 2.24) is 15.0 Å². The first-order valence-corrected chi connectivity index (χ1v) is 6.31.